The smallest absolute Gasteiger partial charge is 0.138 e. The van der Waals surface area contributed by atoms with E-state index in [1.165, 1.54) is 20.9 Å². The monoisotopic (exact) mass is 328 g/mol. The quantitative estimate of drug-likeness (QED) is 0.754. The normalized spacial score (nSPS) is 19.6. The zero-order valence-electron chi connectivity index (χ0n) is 13.6. The number of hydrogen-bond acceptors (Lipinski definition) is 4. The van der Waals surface area contributed by atoms with Gasteiger partial charge < -0.3 is 4.90 Å². The van der Waals surface area contributed by atoms with Crippen molar-refractivity contribution in [2.24, 2.45) is 4.99 Å². The Morgan fingerprint density at radius 3 is 2.74 bits per heavy atom. The van der Waals surface area contributed by atoms with Gasteiger partial charge in [-0.2, -0.15) is 4.65 Å². The molecule has 2 aliphatic rings. The molecule has 1 fully saturated rings. The second kappa shape index (κ2) is 5.44. The Kier molecular flexibility index (Phi) is 3.52. The lowest BCUT2D eigenvalue weighted by molar-refractivity contribution is -1.09. The van der Waals surface area contributed by atoms with Crippen molar-refractivity contribution in [3.05, 3.63) is 51.2 Å². The summed E-state index contributed by atoms with van der Waals surface area (Å²) < 4.78 is 0.107. The molecule has 1 saturated heterocycles. The molecule has 0 aliphatic carbocycles. The van der Waals surface area contributed by atoms with E-state index in [2.05, 4.69) is 42.2 Å². The van der Waals surface area contributed by atoms with Crippen LogP contribution in [0.3, 0.4) is 0 Å². The molecule has 1 aromatic carbocycles. The maximum atomic E-state index is 10.2. The minimum Gasteiger partial charge on any atom is -0.345 e. The lowest BCUT2D eigenvalue weighted by atomic mass is 10.1. The van der Waals surface area contributed by atoms with Crippen LogP contribution in [-0.4, -0.2) is 53.8 Å². The van der Waals surface area contributed by atoms with Gasteiger partial charge in [-0.1, -0.05) is 18.2 Å². The largest absolute Gasteiger partial charge is 0.345 e. The number of quaternary nitrogens is 1. The van der Waals surface area contributed by atoms with Gasteiger partial charge in [0.15, 0.2) is 0 Å². The summed E-state index contributed by atoms with van der Waals surface area (Å²) in [6.07, 6.45) is 0.957. The number of piperazine rings is 1. The summed E-state index contributed by atoms with van der Waals surface area (Å²) in [6.45, 7) is 5.31. The third-order valence-electron chi connectivity index (χ3n) is 4.74. The van der Waals surface area contributed by atoms with Crippen LogP contribution in [-0.2, 0) is 6.42 Å². The van der Waals surface area contributed by atoms with Gasteiger partial charge in [0.05, 0.1) is 25.8 Å². The van der Waals surface area contributed by atoms with Crippen LogP contribution in [0.1, 0.15) is 20.9 Å². The molecule has 0 spiro atoms. The molecular weight excluding hydrogens is 306 g/mol. The van der Waals surface area contributed by atoms with Gasteiger partial charge in [-0.15, -0.1) is 11.3 Å². The molecular formula is C18H22N3OS+. The van der Waals surface area contributed by atoms with Gasteiger partial charge in [-0.05, 0) is 24.6 Å². The van der Waals surface area contributed by atoms with Crippen LogP contribution in [0.15, 0.2) is 35.3 Å². The number of rotatable bonds is 0. The molecule has 120 valence electrons. The number of fused-ring (bicyclic) bond motifs is 2. The highest BCUT2D eigenvalue weighted by atomic mass is 32.1. The Morgan fingerprint density at radius 2 is 1.96 bits per heavy atom. The molecule has 4 rings (SSSR count). The highest BCUT2D eigenvalue weighted by Gasteiger charge is 2.31. The summed E-state index contributed by atoms with van der Waals surface area (Å²) in [5.41, 5.74) is 3.65. The maximum absolute atomic E-state index is 10.2. The molecule has 4 nitrogen and oxygen atoms in total. The average molecular weight is 328 g/mol. The zero-order valence-corrected chi connectivity index (χ0v) is 14.4. The SMILES string of the molecule is Cc1cc2c(s1)Cc1ccccc1N=C2N1CC[N+](C)(O)CC1. The number of benzene rings is 1. The zero-order chi connectivity index (χ0) is 16.0. The molecule has 1 N–H and O–H groups in total. The third-order valence-corrected chi connectivity index (χ3v) is 5.80. The number of hydroxylamine groups is 3. The average Bonchev–Trinajstić information content (AvgIpc) is 2.80. The second-order valence-electron chi connectivity index (χ2n) is 6.71. The van der Waals surface area contributed by atoms with Crippen LogP contribution in [0.5, 0.6) is 0 Å². The summed E-state index contributed by atoms with van der Waals surface area (Å²) in [5, 5.41) is 10.2. The molecule has 0 saturated carbocycles. The van der Waals surface area contributed by atoms with E-state index in [1.807, 2.05) is 18.4 Å². The number of aliphatic imine (C=N–C) groups is 1. The number of para-hydroxylation sites is 1. The topological polar surface area (TPSA) is 35.8 Å². The number of amidine groups is 1. The summed E-state index contributed by atoms with van der Waals surface area (Å²) >= 11 is 1.87. The number of thiophene rings is 1. The van der Waals surface area contributed by atoms with Gasteiger partial charge in [0.25, 0.3) is 0 Å². The number of likely N-dealkylation sites (N-methyl/N-ethyl adjacent to an activating group) is 1. The van der Waals surface area contributed by atoms with Crippen molar-refractivity contribution in [2.75, 3.05) is 33.2 Å². The van der Waals surface area contributed by atoms with Crippen LogP contribution in [0.2, 0.25) is 0 Å². The Bertz CT molecular complexity index is 768. The van der Waals surface area contributed by atoms with E-state index >= 15 is 0 Å². The molecule has 0 amide bonds. The summed E-state index contributed by atoms with van der Waals surface area (Å²) in [4.78, 5) is 10.1. The van der Waals surface area contributed by atoms with Crippen molar-refractivity contribution in [1.82, 2.24) is 4.90 Å². The van der Waals surface area contributed by atoms with E-state index in [1.54, 1.807) is 0 Å². The molecule has 1 aromatic heterocycles. The first-order valence-corrected chi connectivity index (χ1v) is 8.92. The fourth-order valence-electron chi connectivity index (χ4n) is 3.35. The van der Waals surface area contributed by atoms with Crippen molar-refractivity contribution in [3.63, 3.8) is 0 Å². The number of hydrogen-bond donors (Lipinski definition) is 1. The van der Waals surface area contributed by atoms with Crippen molar-refractivity contribution >= 4 is 22.9 Å². The van der Waals surface area contributed by atoms with Crippen molar-refractivity contribution < 1.29 is 9.85 Å². The van der Waals surface area contributed by atoms with Gasteiger partial charge in [-0.3, -0.25) is 0 Å². The molecule has 0 unspecified atom stereocenters. The molecule has 0 radical (unpaired) electrons. The Hall–Kier alpha value is -1.69. The summed E-state index contributed by atoms with van der Waals surface area (Å²) in [5.74, 6) is 1.08. The highest BCUT2D eigenvalue weighted by Crippen LogP contribution is 2.34. The van der Waals surface area contributed by atoms with E-state index in [9.17, 15) is 5.21 Å². The van der Waals surface area contributed by atoms with Crippen LogP contribution < -0.4 is 0 Å². The lowest BCUT2D eigenvalue weighted by Crippen LogP contribution is -2.56. The molecule has 2 aliphatic heterocycles. The summed E-state index contributed by atoms with van der Waals surface area (Å²) in [6, 6.07) is 10.7. The van der Waals surface area contributed by atoms with Gasteiger partial charge >= 0.3 is 0 Å². The highest BCUT2D eigenvalue weighted by molar-refractivity contribution is 7.12. The minimum atomic E-state index is 0.107. The van der Waals surface area contributed by atoms with E-state index in [0.29, 0.717) is 0 Å². The Labute approximate surface area is 140 Å². The van der Waals surface area contributed by atoms with E-state index in [4.69, 9.17) is 4.99 Å². The molecule has 3 heterocycles. The van der Waals surface area contributed by atoms with Gasteiger partial charge in [0, 0.05) is 21.7 Å². The van der Waals surface area contributed by atoms with Gasteiger partial charge in [-0.25, -0.2) is 10.2 Å². The first kappa shape index (κ1) is 14.9. The fraction of sp³-hybridized carbons (Fsp3) is 0.389. The van der Waals surface area contributed by atoms with Crippen molar-refractivity contribution in [1.29, 1.82) is 0 Å². The first-order valence-electron chi connectivity index (χ1n) is 8.10. The standard InChI is InChI=1S/C18H22N3OS/c1-13-11-15-17(23-13)12-14-5-3-4-6-16(14)19-18(15)20-7-9-21(2,22)10-8-20/h3-6,11,22H,7-10,12H2,1-2H3/q+1. The minimum absolute atomic E-state index is 0.107. The van der Waals surface area contributed by atoms with Gasteiger partial charge in [0.2, 0.25) is 0 Å². The lowest BCUT2D eigenvalue weighted by Gasteiger charge is -2.37. The Balaban J connectivity index is 1.78. The van der Waals surface area contributed by atoms with Crippen LogP contribution >= 0.6 is 11.3 Å². The molecule has 0 bridgehead atoms. The van der Waals surface area contributed by atoms with Crippen LogP contribution in [0, 0.1) is 6.92 Å². The number of aryl methyl sites for hydroxylation is 1. The predicted molar refractivity (Wildman–Crippen MR) is 93.8 cm³/mol. The number of nitrogens with zero attached hydrogens (tertiary/aromatic N) is 3. The molecule has 0 atom stereocenters. The first-order chi connectivity index (χ1) is 11.0. The van der Waals surface area contributed by atoms with E-state index in [-0.39, 0.29) is 4.65 Å². The van der Waals surface area contributed by atoms with Crippen molar-refractivity contribution in [2.45, 2.75) is 13.3 Å². The molecule has 2 aromatic rings. The van der Waals surface area contributed by atoms with E-state index < -0.39 is 0 Å². The Morgan fingerprint density at radius 1 is 1.22 bits per heavy atom. The van der Waals surface area contributed by atoms with E-state index in [0.717, 1.165) is 44.1 Å². The second-order valence-corrected chi connectivity index (χ2v) is 8.05. The van der Waals surface area contributed by atoms with Crippen LogP contribution in [0.4, 0.5) is 5.69 Å². The van der Waals surface area contributed by atoms with Crippen LogP contribution in [0.25, 0.3) is 0 Å². The molecule has 23 heavy (non-hydrogen) atoms. The summed E-state index contributed by atoms with van der Waals surface area (Å²) in [7, 11) is 1.88. The van der Waals surface area contributed by atoms with Crippen molar-refractivity contribution in [3.8, 4) is 0 Å². The predicted octanol–water partition coefficient (Wildman–Crippen LogP) is 3.19. The maximum Gasteiger partial charge on any atom is 0.138 e. The molecule has 5 heteroatoms. The van der Waals surface area contributed by atoms with Gasteiger partial charge in [0.1, 0.15) is 18.9 Å². The third kappa shape index (κ3) is 2.80. The fourth-order valence-corrected chi connectivity index (χ4v) is 4.40.